The number of rotatable bonds is 6. The molecule has 0 aromatic heterocycles. The molecule has 25 heavy (non-hydrogen) atoms. The maximum atomic E-state index is 11.9. The van der Waals surface area contributed by atoms with Gasteiger partial charge in [-0.1, -0.05) is 41.9 Å². The third kappa shape index (κ3) is 5.66. The molecule has 4 nitrogen and oxygen atoms in total. The number of para-hydroxylation sites is 1. The highest BCUT2D eigenvalue weighted by molar-refractivity contribution is 6.30. The molecule has 2 aromatic carbocycles. The van der Waals surface area contributed by atoms with Crippen LogP contribution in [0.5, 0.6) is 5.75 Å². The van der Waals surface area contributed by atoms with Crippen LogP contribution < -0.4 is 4.74 Å². The molecule has 0 aliphatic heterocycles. The molecule has 0 spiro atoms. The first-order valence-electron chi connectivity index (χ1n) is 7.78. The Morgan fingerprint density at radius 1 is 1.20 bits per heavy atom. The zero-order chi connectivity index (χ0) is 18.2. The Kier molecular flexibility index (Phi) is 6.62. The van der Waals surface area contributed by atoms with E-state index in [1.165, 1.54) is 6.08 Å². The largest absolute Gasteiger partial charge is 0.488 e. The van der Waals surface area contributed by atoms with Crippen LogP contribution in [0, 0.1) is 11.3 Å². The van der Waals surface area contributed by atoms with Gasteiger partial charge in [0.25, 0.3) is 0 Å². The van der Waals surface area contributed by atoms with Gasteiger partial charge in [0.2, 0.25) is 0 Å². The van der Waals surface area contributed by atoms with Gasteiger partial charge in [-0.05, 0) is 43.7 Å². The lowest BCUT2D eigenvalue weighted by atomic mass is 10.1. The first kappa shape index (κ1) is 18.6. The lowest BCUT2D eigenvalue weighted by Gasteiger charge is -2.10. The minimum atomic E-state index is -0.648. The minimum absolute atomic E-state index is 0.0729. The van der Waals surface area contributed by atoms with Gasteiger partial charge in [-0.3, -0.25) is 0 Å². The molecule has 0 unspecified atom stereocenters. The Morgan fingerprint density at radius 3 is 2.52 bits per heavy atom. The van der Waals surface area contributed by atoms with Crippen molar-refractivity contribution < 1.29 is 14.3 Å². The van der Waals surface area contributed by atoms with E-state index in [9.17, 15) is 10.1 Å². The highest BCUT2D eigenvalue weighted by atomic mass is 35.5. The number of nitriles is 1. The molecule has 0 saturated heterocycles. The average molecular weight is 356 g/mol. The SMILES string of the molecule is CC(C)OC(=O)/C(C#N)=C/c1ccccc1OCc1ccc(Cl)cc1. The summed E-state index contributed by atoms with van der Waals surface area (Å²) in [6.45, 7) is 3.81. The van der Waals surface area contributed by atoms with E-state index in [1.807, 2.05) is 30.3 Å². The van der Waals surface area contributed by atoms with E-state index in [4.69, 9.17) is 21.1 Å². The van der Waals surface area contributed by atoms with Crippen molar-refractivity contribution in [3.05, 3.63) is 70.3 Å². The summed E-state index contributed by atoms with van der Waals surface area (Å²) in [5.74, 6) is -0.0763. The van der Waals surface area contributed by atoms with Gasteiger partial charge in [-0.25, -0.2) is 4.79 Å². The van der Waals surface area contributed by atoms with Gasteiger partial charge in [0.15, 0.2) is 0 Å². The Balaban J connectivity index is 2.19. The summed E-state index contributed by atoms with van der Waals surface area (Å²) in [7, 11) is 0. The van der Waals surface area contributed by atoms with Crippen LogP contribution in [0.25, 0.3) is 6.08 Å². The number of hydrogen-bond acceptors (Lipinski definition) is 4. The Labute approximate surface area is 152 Å². The first-order valence-corrected chi connectivity index (χ1v) is 8.16. The molecule has 0 fully saturated rings. The van der Waals surface area contributed by atoms with Gasteiger partial charge in [0.1, 0.15) is 24.0 Å². The summed E-state index contributed by atoms with van der Waals surface area (Å²) in [5, 5.41) is 9.88. The molecule has 0 atom stereocenters. The van der Waals surface area contributed by atoms with E-state index >= 15 is 0 Å². The number of esters is 1. The zero-order valence-electron chi connectivity index (χ0n) is 14.0. The lowest BCUT2D eigenvalue weighted by Crippen LogP contribution is -2.12. The van der Waals surface area contributed by atoms with Gasteiger partial charge >= 0.3 is 5.97 Å². The average Bonchev–Trinajstić information content (AvgIpc) is 2.59. The summed E-state index contributed by atoms with van der Waals surface area (Å²) in [4.78, 5) is 11.9. The van der Waals surface area contributed by atoms with Crippen molar-refractivity contribution in [2.45, 2.75) is 26.6 Å². The number of carbonyl (C=O) groups is 1. The standard InChI is InChI=1S/C20H18ClNO3/c1-14(2)25-20(23)17(12-22)11-16-5-3-4-6-19(16)24-13-15-7-9-18(21)10-8-15/h3-11,14H,13H2,1-2H3/b17-11+. The van der Waals surface area contributed by atoms with Crippen LogP contribution in [-0.2, 0) is 16.1 Å². The molecule has 0 saturated carbocycles. The Hall–Kier alpha value is -2.77. The second kappa shape index (κ2) is 8.91. The molecule has 0 heterocycles. The number of nitrogens with zero attached hydrogens (tertiary/aromatic N) is 1. The molecule has 5 heteroatoms. The van der Waals surface area contributed by atoms with Crippen LogP contribution in [0.1, 0.15) is 25.0 Å². The maximum absolute atomic E-state index is 11.9. The van der Waals surface area contributed by atoms with Crippen LogP contribution in [0.15, 0.2) is 54.1 Å². The van der Waals surface area contributed by atoms with Gasteiger partial charge in [0.05, 0.1) is 6.10 Å². The monoisotopic (exact) mass is 355 g/mol. The molecular weight excluding hydrogens is 338 g/mol. The second-order valence-electron chi connectivity index (χ2n) is 5.58. The molecule has 2 aromatic rings. The quantitative estimate of drug-likeness (QED) is 0.425. The van der Waals surface area contributed by atoms with E-state index in [0.29, 0.717) is 22.9 Å². The summed E-state index contributed by atoms with van der Waals surface area (Å²) in [6, 6.07) is 16.4. The smallest absolute Gasteiger partial charge is 0.349 e. The molecule has 128 valence electrons. The van der Waals surface area contributed by atoms with Gasteiger partial charge in [0, 0.05) is 10.6 Å². The first-order chi connectivity index (χ1) is 12.0. The van der Waals surface area contributed by atoms with Crippen molar-refractivity contribution >= 4 is 23.6 Å². The fourth-order valence-corrected chi connectivity index (χ4v) is 2.17. The van der Waals surface area contributed by atoms with Gasteiger partial charge in [-0.2, -0.15) is 5.26 Å². The fourth-order valence-electron chi connectivity index (χ4n) is 2.04. The Bertz CT molecular complexity index is 804. The maximum Gasteiger partial charge on any atom is 0.349 e. The van der Waals surface area contributed by atoms with E-state index in [1.54, 1.807) is 38.1 Å². The highest BCUT2D eigenvalue weighted by Gasteiger charge is 2.13. The van der Waals surface area contributed by atoms with E-state index in [-0.39, 0.29) is 11.7 Å². The molecular formula is C20H18ClNO3. The molecule has 0 bridgehead atoms. The topological polar surface area (TPSA) is 59.3 Å². The van der Waals surface area contributed by atoms with Crippen LogP contribution >= 0.6 is 11.6 Å². The normalized spacial score (nSPS) is 11.1. The van der Waals surface area contributed by atoms with Gasteiger partial charge in [-0.15, -0.1) is 0 Å². The third-order valence-electron chi connectivity index (χ3n) is 3.21. The molecule has 0 N–H and O–H groups in total. The molecule has 0 amide bonds. The van der Waals surface area contributed by atoms with Crippen molar-refractivity contribution in [1.29, 1.82) is 5.26 Å². The predicted molar refractivity (Wildman–Crippen MR) is 97.0 cm³/mol. The summed E-state index contributed by atoms with van der Waals surface area (Å²) in [5.41, 5.74) is 1.52. The molecule has 0 aliphatic rings. The zero-order valence-corrected chi connectivity index (χ0v) is 14.8. The number of carbonyl (C=O) groups excluding carboxylic acids is 1. The van der Waals surface area contributed by atoms with Crippen molar-refractivity contribution in [3.8, 4) is 11.8 Å². The lowest BCUT2D eigenvalue weighted by molar-refractivity contribution is -0.142. The van der Waals surface area contributed by atoms with E-state index in [2.05, 4.69) is 0 Å². The predicted octanol–water partition coefficient (Wildman–Crippen LogP) is 4.78. The van der Waals surface area contributed by atoms with E-state index in [0.717, 1.165) is 5.56 Å². The van der Waals surface area contributed by atoms with Crippen LogP contribution in [-0.4, -0.2) is 12.1 Å². The number of hydrogen-bond donors (Lipinski definition) is 0. The number of halogens is 1. The van der Waals surface area contributed by atoms with Crippen molar-refractivity contribution in [2.24, 2.45) is 0 Å². The molecule has 0 aliphatic carbocycles. The Morgan fingerprint density at radius 2 is 1.88 bits per heavy atom. The summed E-state index contributed by atoms with van der Waals surface area (Å²) >= 11 is 5.87. The molecule has 2 rings (SSSR count). The molecule has 0 radical (unpaired) electrons. The van der Waals surface area contributed by atoms with Crippen molar-refractivity contribution in [2.75, 3.05) is 0 Å². The number of benzene rings is 2. The van der Waals surface area contributed by atoms with Crippen molar-refractivity contribution in [3.63, 3.8) is 0 Å². The second-order valence-corrected chi connectivity index (χ2v) is 6.01. The third-order valence-corrected chi connectivity index (χ3v) is 3.46. The minimum Gasteiger partial charge on any atom is -0.488 e. The highest BCUT2D eigenvalue weighted by Crippen LogP contribution is 2.23. The van der Waals surface area contributed by atoms with Crippen LogP contribution in [0.3, 0.4) is 0 Å². The van der Waals surface area contributed by atoms with Crippen LogP contribution in [0.2, 0.25) is 5.02 Å². The van der Waals surface area contributed by atoms with Crippen LogP contribution in [0.4, 0.5) is 0 Å². The van der Waals surface area contributed by atoms with Crippen molar-refractivity contribution in [1.82, 2.24) is 0 Å². The fraction of sp³-hybridized carbons (Fsp3) is 0.200. The summed E-state index contributed by atoms with van der Waals surface area (Å²) in [6.07, 6.45) is 1.18. The summed E-state index contributed by atoms with van der Waals surface area (Å²) < 4.78 is 10.9. The number of ether oxygens (including phenoxy) is 2. The van der Waals surface area contributed by atoms with E-state index < -0.39 is 5.97 Å². The van der Waals surface area contributed by atoms with Gasteiger partial charge < -0.3 is 9.47 Å².